The Morgan fingerprint density at radius 3 is 1.85 bits per heavy atom. The fraction of sp³-hybridized carbons (Fsp3) is 0.227. The normalized spacial score (nSPS) is 10.6. The van der Waals surface area contributed by atoms with E-state index in [2.05, 4.69) is 69.9 Å². The van der Waals surface area contributed by atoms with E-state index < -0.39 is 0 Å². The first-order valence-electron chi connectivity index (χ1n) is 9.08. The molecule has 3 rings (SSSR count). The summed E-state index contributed by atoms with van der Waals surface area (Å²) >= 11 is 0. The summed E-state index contributed by atoms with van der Waals surface area (Å²) in [4.78, 5) is 2.31. The first-order valence-corrected chi connectivity index (χ1v) is 9.08. The number of aromatic nitrogens is 1. The van der Waals surface area contributed by atoms with Crippen LogP contribution in [-0.2, 0) is 6.54 Å². The van der Waals surface area contributed by atoms with Gasteiger partial charge in [0.05, 0.1) is 11.4 Å². The zero-order chi connectivity index (χ0) is 18.2. The fourth-order valence-electron chi connectivity index (χ4n) is 2.85. The largest absolute Gasteiger partial charge is 1.00 e. The zero-order valence-electron chi connectivity index (χ0n) is 15.8. The van der Waals surface area contributed by atoms with Crippen molar-refractivity contribution in [3.05, 3.63) is 84.7 Å². The van der Waals surface area contributed by atoms with E-state index in [9.17, 15) is 0 Å². The van der Waals surface area contributed by atoms with Crippen molar-refractivity contribution in [2.75, 3.05) is 18.0 Å². The van der Waals surface area contributed by atoms with Crippen LogP contribution in [-0.4, -0.2) is 13.1 Å². The lowest BCUT2D eigenvalue weighted by molar-refractivity contribution is -0.688. The molecule has 0 unspecified atom stereocenters. The first-order chi connectivity index (χ1) is 12.8. The highest BCUT2D eigenvalue weighted by Crippen LogP contribution is 2.21. The van der Waals surface area contributed by atoms with Crippen molar-refractivity contribution >= 4 is 17.1 Å². The molecule has 0 N–H and O–H groups in total. The van der Waals surface area contributed by atoms with Gasteiger partial charge in [0.25, 0.3) is 0 Å². The molecule has 0 aliphatic rings. The monoisotopic (exact) mass is 424 g/mol. The second-order valence-electron chi connectivity index (χ2n) is 6.10. The quantitative estimate of drug-likeness (QED) is 0.422. The molecule has 0 saturated heterocycles. The van der Waals surface area contributed by atoms with E-state index in [0.717, 1.165) is 31.0 Å². The van der Waals surface area contributed by atoms with Gasteiger partial charge in [0.1, 0.15) is 0 Å². The third kappa shape index (κ3) is 6.00. The Bertz CT molecular complexity index is 826. The van der Waals surface area contributed by atoms with Crippen LogP contribution in [0.15, 0.2) is 89.4 Å². The van der Waals surface area contributed by atoms with Gasteiger partial charge in [-0.25, -0.2) is 4.57 Å². The molecule has 0 aliphatic carbocycles. The lowest BCUT2D eigenvalue weighted by Crippen LogP contribution is -3.00. The Hall–Kier alpha value is -2.53. The molecule has 0 saturated carbocycles. The van der Waals surface area contributed by atoms with Crippen molar-refractivity contribution in [1.29, 1.82) is 0 Å². The minimum absolute atomic E-state index is 0. The highest BCUT2D eigenvalue weighted by Gasteiger charge is 2.03. The van der Waals surface area contributed by atoms with Crippen LogP contribution >= 0.6 is 0 Å². The van der Waals surface area contributed by atoms with Crippen molar-refractivity contribution in [3.63, 3.8) is 0 Å². The highest BCUT2D eigenvalue weighted by atomic mass is 79.9. The van der Waals surface area contributed by atoms with Crippen molar-refractivity contribution in [3.8, 4) is 0 Å². The van der Waals surface area contributed by atoms with Gasteiger partial charge >= 0.3 is 0 Å². The van der Waals surface area contributed by atoms with Gasteiger partial charge in [-0.1, -0.05) is 30.3 Å². The Balaban J connectivity index is 0.00000261. The summed E-state index contributed by atoms with van der Waals surface area (Å²) in [5.41, 5.74) is 4.21. The van der Waals surface area contributed by atoms with Crippen LogP contribution in [0.3, 0.4) is 0 Å². The van der Waals surface area contributed by atoms with Crippen molar-refractivity contribution in [2.24, 2.45) is 10.2 Å². The van der Waals surface area contributed by atoms with Crippen LogP contribution in [0.1, 0.15) is 19.4 Å². The summed E-state index contributed by atoms with van der Waals surface area (Å²) in [6.45, 7) is 7.19. The average molecular weight is 425 g/mol. The Kier molecular flexibility index (Phi) is 8.14. The lowest BCUT2D eigenvalue weighted by Gasteiger charge is -2.20. The fourth-order valence-corrected chi connectivity index (χ4v) is 2.85. The number of pyridine rings is 1. The van der Waals surface area contributed by atoms with Gasteiger partial charge in [0.2, 0.25) is 0 Å². The predicted molar refractivity (Wildman–Crippen MR) is 106 cm³/mol. The Labute approximate surface area is 172 Å². The van der Waals surface area contributed by atoms with E-state index >= 15 is 0 Å². The Morgan fingerprint density at radius 1 is 0.741 bits per heavy atom. The van der Waals surface area contributed by atoms with E-state index in [0.29, 0.717) is 0 Å². The van der Waals surface area contributed by atoms with Crippen LogP contribution in [0.2, 0.25) is 0 Å². The van der Waals surface area contributed by atoms with E-state index in [-0.39, 0.29) is 17.0 Å². The summed E-state index contributed by atoms with van der Waals surface area (Å²) in [5.74, 6) is 0. The van der Waals surface area contributed by atoms with Gasteiger partial charge in [-0.15, -0.1) is 0 Å². The zero-order valence-corrected chi connectivity index (χ0v) is 17.4. The molecule has 1 heterocycles. The van der Waals surface area contributed by atoms with E-state index in [1.54, 1.807) is 0 Å². The molecule has 4 nitrogen and oxygen atoms in total. The summed E-state index contributed by atoms with van der Waals surface area (Å²) in [6.07, 6.45) is 4.07. The van der Waals surface area contributed by atoms with E-state index in [1.165, 1.54) is 11.3 Å². The van der Waals surface area contributed by atoms with Gasteiger partial charge in [-0.05, 0) is 38.1 Å². The molecule has 0 fully saturated rings. The highest BCUT2D eigenvalue weighted by molar-refractivity contribution is 5.52. The molecule has 0 aliphatic heterocycles. The molecule has 0 atom stereocenters. The maximum absolute atomic E-state index is 4.34. The standard InChI is InChI=1S/C22H25N4.BrH/c1-3-26(4-2)22-12-10-20(11-13-22)23-24-21-14-16-25(17-15-21)18-19-8-6-5-7-9-19;/h5-17H,3-4,18H2,1-2H3;1H/q+1;/p-1. The smallest absolute Gasteiger partial charge is 0.173 e. The molecular weight excluding hydrogens is 400 g/mol. The SMILES string of the molecule is CCN(CC)c1ccc(N=Nc2cc[n+](Cc3ccccc3)cc2)cc1.[Br-]. The maximum atomic E-state index is 4.34. The molecule has 27 heavy (non-hydrogen) atoms. The lowest BCUT2D eigenvalue weighted by atomic mass is 10.2. The van der Waals surface area contributed by atoms with Crippen molar-refractivity contribution < 1.29 is 21.5 Å². The number of rotatable bonds is 7. The molecule has 2 aromatic carbocycles. The minimum atomic E-state index is 0. The molecule has 1 aromatic heterocycles. The summed E-state index contributed by atoms with van der Waals surface area (Å²) < 4.78 is 2.13. The van der Waals surface area contributed by atoms with Gasteiger partial charge in [0.15, 0.2) is 18.9 Å². The van der Waals surface area contributed by atoms with Gasteiger partial charge < -0.3 is 21.9 Å². The third-order valence-electron chi connectivity index (χ3n) is 4.34. The number of nitrogens with zero attached hydrogens (tertiary/aromatic N) is 4. The van der Waals surface area contributed by atoms with Crippen LogP contribution < -0.4 is 26.4 Å². The molecular formula is C22H25BrN4. The van der Waals surface area contributed by atoms with Crippen LogP contribution in [0, 0.1) is 0 Å². The average Bonchev–Trinajstić information content (AvgIpc) is 2.70. The number of hydrogen-bond acceptors (Lipinski definition) is 3. The van der Waals surface area contributed by atoms with E-state index in [4.69, 9.17) is 0 Å². The second kappa shape index (κ2) is 10.6. The van der Waals surface area contributed by atoms with Gasteiger partial charge in [-0.3, -0.25) is 0 Å². The van der Waals surface area contributed by atoms with Gasteiger partial charge in [-0.2, -0.15) is 10.2 Å². The van der Waals surface area contributed by atoms with E-state index in [1.807, 2.05) is 42.7 Å². The number of hydrogen-bond donors (Lipinski definition) is 0. The second-order valence-corrected chi connectivity index (χ2v) is 6.10. The van der Waals surface area contributed by atoms with Crippen LogP contribution in [0.25, 0.3) is 0 Å². The summed E-state index contributed by atoms with van der Waals surface area (Å²) in [7, 11) is 0. The predicted octanol–water partition coefficient (Wildman–Crippen LogP) is 2.29. The molecule has 0 spiro atoms. The van der Waals surface area contributed by atoms with Crippen molar-refractivity contribution in [2.45, 2.75) is 20.4 Å². The molecule has 0 radical (unpaired) electrons. The van der Waals surface area contributed by atoms with Gasteiger partial charge in [0, 0.05) is 36.5 Å². The molecule has 3 aromatic rings. The molecule has 0 bridgehead atoms. The number of halogens is 1. The number of benzene rings is 2. The van der Waals surface area contributed by atoms with Crippen LogP contribution in [0.5, 0.6) is 0 Å². The minimum Gasteiger partial charge on any atom is -1.00 e. The molecule has 140 valence electrons. The summed E-state index contributed by atoms with van der Waals surface area (Å²) in [6, 6.07) is 22.6. The number of azo groups is 1. The van der Waals surface area contributed by atoms with Crippen molar-refractivity contribution in [1.82, 2.24) is 0 Å². The first kappa shape index (κ1) is 20.8. The molecule has 5 heteroatoms. The topological polar surface area (TPSA) is 31.8 Å². The third-order valence-corrected chi connectivity index (χ3v) is 4.34. The number of anilines is 1. The summed E-state index contributed by atoms with van der Waals surface area (Å²) in [5, 5.41) is 8.68. The van der Waals surface area contributed by atoms with Crippen LogP contribution in [0.4, 0.5) is 17.1 Å². The Morgan fingerprint density at radius 2 is 1.30 bits per heavy atom. The molecule has 0 amide bonds. The maximum Gasteiger partial charge on any atom is 0.173 e.